The van der Waals surface area contributed by atoms with Crippen molar-refractivity contribution >= 4 is 11.8 Å². The summed E-state index contributed by atoms with van der Waals surface area (Å²) in [6, 6.07) is 26.7. The van der Waals surface area contributed by atoms with Crippen molar-refractivity contribution in [2.24, 2.45) is 0 Å². The zero-order valence-corrected chi connectivity index (χ0v) is 13.9. The smallest absolute Gasteiger partial charge is 0.149 e. The van der Waals surface area contributed by atoms with E-state index in [2.05, 4.69) is 0 Å². The molecule has 3 heteroatoms. The molecule has 0 saturated heterocycles. The van der Waals surface area contributed by atoms with Gasteiger partial charge in [-0.1, -0.05) is 78.9 Å². The second kappa shape index (κ2) is 5.78. The highest BCUT2D eigenvalue weighted by molar-refractivity contribution is 7.99. The van der Waals surface area contributed by atoms with E-state index in [1.165, 1.54) is 0 Å². The van der Waals surface area contributed by atoms with E-state index in [9.17, 15) is 10.2 Å². The highest BCUT2D eigenvalue weighted by Crippen LogP contribution is 2.53. The number of benzene rings is 3. The van der Waals surface area contributed by atoms with Gasteiger partial charge in [0.1, 0.15) is 11.2 Å². The molecule has 0 saturated carbocycles. The van der Waals surface area contributed by atoms with Gasteiger partial charge in [-0.25, -0.2) is 0 Å². The van der Waals surface area contributed by atoms with Crippen molar-refractivity contribution in [1.29, 1.82) is 0 Å². The maximum absolute atomic E-state index is 11.9. The molecule has 0 bridgehead atoms. The normalized spacial score (nSPS) is 25.9. The van der Waals surface area contributed by atoms with Crippen LogP contribution >= 0.6 is 11.8 Å². The molecule has 0 fully saturated rings. The molecule has 0 unspecified atom stereocenters. The second-order valence-corrected chi connectivity index (χ2v) is 7.10. The van der Waals surface area contributed by atoms with Crippen LogP contribution < -0.4 is 0 Å². The SMILES string of the molecule is O[C@@]1(c2ccccc2)c2ccccc2SC[C@@]1(O)c1ccccc1. The molecule has 0 aliphatic carbocycles. The van der Waals surface area contributed by atoms with E-state index in [1.54, 1.807) is 11.8 Å². The first kappa shape index (κ1) is 15.5. The van der Waals surface area contributed by atoms with Crippen molar-refractivity contribution in [3.8, 4) is 0 Å². The number of rotatable bonds is 2. The molecule has 0 radical (unpaired) electrons. The van der Waals surface area contributed by atoms with Gasteiger partial charge in [0, 0.05) is 16.2 Å². The third kappa shape index (κ3) is 2.13. The van der Waals surface area contributed by atoms with Gasteiger partial charge < -0.3 is 10.2 Å². The van der Waals surface area contributed by atoms with Crippen LogP contribution in [-0.4, -0.2) is 16.0 Å². The Balaban J connectivity index is 2.02. The standard InChI is InChI=1S/C21H18O2S/c22-20(16-9-3-1-4-10-16)15-24-19-14-8-7-13-18(19)21(20,23)17-11-5-2-6-12-17/h1-14,22-23H,15H2/t20-,21+/m1/s1. The Morgan fingerprint density at radius 1 is 0.667 bits per heavy atom. The summed E-state index contributed by atoms with van der Waals surface area (Å²) in [7, 11) is 0. The molecule has 1 aliphatic heterocycles. The lowest BCUT2D eigenvalue weighted by Gasteiger charge is -2.48. The lowest BCUT2D eigenvalue weighted by atomic mass is 9.70. The van der Waals surface area contributed by atoms with Gasteiger partial charge in [0.15, 0.2) is 0 Å². The molecule has 3 aromatic rings. The minimum absolute atomic E-state index is 0.388. The first-order chi connectivity index (χ1) is 11.7. The van der Waals surface area contributed by atoms with Crippen molar-refractivity contribution in [1.82, 2.24) is 0 Å². The van der Waals surface area contributed by atoms with Gasteiger partial charge >= 0.3 is 0 Å². The minimum atomic E-state index is -1.50. The van der Waals surface area contributed by atoms with Gasteiger partial charge in [0.05, 0.1) is 0 Å². The Labute approximate surface area is 145 Å². The van der Waals surface area contributed by atoms with Crippen LogP contribution in [-0.2, 0) is 11.2 Å². The summed E-state index contributed by atoms with van der Waals surface area (Å²) in [4.78, 5) is 1.00. The molecule has 24 heavy (non-hydrogen) atoms. The Bertz CT molecular complexity index is 850. The third-order valence-electron chi connectivity index (χ3n) is 4.75. The van der Waals surface area contributed by atoms with E-state index >= 15 is 0 Å². The Morgan fingerprint density at radius 3 is 1.88 bits per heavy atom. The predicted octanol–water partition coefficient (Wildman–Crippen LogP) is 3.92. The quantitative estimate of drug-likeness (QED) is 0.746. The van der Waals surface area contributed by atoms with E-state index in [4.69, 9.17) is 0 Å². The molecule has 0 amide bonds. The summed E-state index contributed by atoms with van der Waals surface area (Å²) in [5.41, 5.74) is -0.743. The van der Waals surface area contributed by atoms with Crippen molar-refractivity contribution in [2.45, 2.75) is 16.1 Å². The number of thioether (sulfide) groups is 1. The molecular weight excluding hydrogens is 316 g/mol. The van der Waals surface area contributed by atoms with Crippen LogP contribution in [0.1, 0.15) is 16.7 Å². The van der Waals surface area contributed by atoms with Crippen LogP contribution in [0.3, 0.4) is 0 Å². The van der Waals surface area contributed by atoms with Crippen molar-refractivity contribution in [2.75, 3.05) is 5.75 Å². The van der Waals surface area contributed by atoms with E-state index in [1.807, 2.05) is 84.9 Å². The molecule has 3 aromatic carbocycles. The first-order valence-electron chi connectivity index (χ1n) is 7.94. The van der Waals surface area contributed by atoms with Crippen LogP contribution in [0.25, 0.3) is 0 Å². The fourth-order valence-corrected chi connectivity index (χ4v) is 4.77. The second-order valence-electron chi connectivity index (χ2n) is 6.09. The average Bonchev–Trinajstić information content (AvgIpc) is 2.66. The van der Waals surface area contributed by atoms with E-state index in [0.717, 1.165) is 16.0 Å². The van der Waals surface area contributed by atoms with E-state index in [0.29, 0.717) is 11.3 Å². The Kier molecular flexibility index (Phi) is 3.72. The number of aliphatic hydroxyl groups is 2. The Morgan fingerprint density at radius 2 is 1.21 bits per heavy atom. The van der Waals surface area contributed by atoms with Crippen LogP contribution in [0.15, 0.2) is 89.8 Å². The Hall–Kier alpha value is -2.07. The van der Waals surface area contributed by atoms with E-state index in [-0.39, 0.29) is 0 Å². The monoisotopic (exact) mass is 334 g/mol. The molecule has 0 spiro atoms. The van der Waals surface area contributed by atoms with Crippen molar-refractivity contribution in [3.05, 3.63) is 102 Å². The highest BCUT2D eigenvalue weighted by atomic mass is 32.2. The van der Waals surface area contributed by atoms with Crippen molar-refractivity contribution in [3.63, 3.8) is 0 Å². The molecule has 2 nitrogen and oxygen atoms in total. The summed E-state index contributed by atoms with van der Waals surface area (Å²) in [5.74, 6) is 0.388. The van der Waals surface area contributed by atoms with Crippen LogP contribution in [0.5, 0.6) is 0 Å². The molecule has 2 N–H and O–H groups in total. The average molecular weight is 334 g/mol. The molecular formula is C21H18O2S. The van der Waals surface area contributed by atoms with Gasteiger partial charge in [-0.15, -0.1) is 11.8 Å². The topological polar surface area (TPSA) is 40.5 Å². The zero-order valence-electron chi connectivity index (χ0n) is 13.1. The van der Waals surface area contributed by atoms with Crippen molar-refractivity contribution < 1.29 is 10.2 Å². The fraction of sp³-hybridized carbons (Fsp3) is 0.143. The molecule has 2 atom stereocenters. The number of hydrogen-bond donors (Lipinski definition) is 2. The third-order valence-corrected chi connectivity index (χ3v) is 5.98. The summed E-state index contributed by atoms with van der Waals surface area (Å²) in [6.07, 6.45) is 0. The number of fused-ring (bicyclic) bond motifs is 1. The van der Waals surface area contributed by atoms with Gasteiger partial charge in [-0.3, -0.25) is 0 Å². The summed E-state index contributed by atoms with van der Waals surface area (Å²) in [5, 5.41) is 23.6. The first-order valence-corrected chi connectivity index (χ1v) is 8.93. The summed E-state index contributed by atoms with van der Waals surface area (Å²) >= 11 is 1.58. The molecule has 1 heterocycles. The molecule has 1 aliphatic rings. The zero-order chi connectivity index (χ0) is 16.6. The fourth-order valence-electron chi connectivity index (χ4n) is 3.48. The molecule has 4 rings (SSSR count). The minimum Gasteiger partial charge on any atom is -0.380 e. The highest BCUT2D eigenvalue weighted by Gasteiger charge is 2.56. The summed E-state index contributed by atoms with van der Waals surface area (Å²) in [6.45, 7) is 0. The summed E-state index contributed by atoms with van der Waals surface area (Å²) < 4.78 is 0. The number of hydrogen-bond acceptors (Lipinski definition) is 3. The van der Waals surface area contributed by atoms with Crippen LogP contribution in [0, 0.1) is 0 Å². The molecule has 120 valence electrons. The maximum Gasteiger partial charge on any atom is 0.149 e. The van der Waals surface area contributed by atoms with Gasteiger partial charge in [-0.05, 0) is 17.2 Å². The largest absolute Gasteiger partial charge is 0.380 e. The maximum atomic E-state index is 11.9. The van der Waals surface area contributed by atoms with Gasteiger partial charge in [-0.2, -0.15) is 0 Å². The van der Waals surface area contributed by atoms with Crippen LogP contribution in [0.4, 0.5) is 0 Å². The van der Waals surface area contributed by atoms with Gasteiger partial charge in [0.25, 0.3) is 0 Å². The van der Waals surface area contributed by atoms with Crippen LogP contribution in [0.2, 0.25) is 0 Å². The molecule has 0 aromatic heterocycles. The lowest BCUT2D eigenvalue weighted by Crippen LogP contribution is -2.54. The predicted molar refractivity (Wildman–Crippen MR) is 96.9 cm³/mol. The lowest BCUT2D eigenvalue weighted by molar-refractivity contribution is -0.128. The van der Waals surface area contributed by atoms with Gasteiger partial charge in [0.2, 0.25) is 0 Å². The van der Waals surface area contributed by atoms with E-state index < -0.39 is 11.2 Å².